The minimum atomic E-state index is -0.538. The normalized spacial score (nSPS) is 28.0. The summed E-state index contributed by atoms with van der Waals surface area (Å²) in [6, 6.07) is 0.318. The number of hydrogen-bond acceptors (Lipinski definition) is 4. The van der Waals surface area contributed by atoms with Crippen molar-refractivity contribution in [2.24, 2.45) is 0 Å². The van der Waals surface area contributed by atoms with Crippen LogP contribution in [0, 0.1) is 0 Å². The molecule has 1 N–H and O–H groups in total. The fraction of sp³-hybridized carbons (Fsp3) is 0.692. The minimum Gasteiger partial charge on any atom is -0.465 e. The monoisotopic (exact) mass is 251 g/mol. The Hall–Kier alpha value is -1.36. The zero-order valence-electron chi connectivity index (χ0n) is 11.1. The quantitative estimate of drug-likeness (QED) is 0.824. The number of nitrogens with zero attached hydrogens (tertiary/aromatic N) is 2. The molecule has 1 heterocycles. The molecular formula is C13H21N3O2. The second-order valence-corrected chi connectivity index (χ2v) is 4.81. The van der Waals surface area contributed by atoms with Gasteiger partial charge in [-0.2, -0.15) is 0 Å². The van der Waals surface area contributed by atoms with Crippen LogP contribution in [0.25, 0.3) is 0 Å². The van der Waals surface area contributed by atoms with Gasteiger partial charge in [0.1, 0.15) is 5.54 Å². The zero-order valence-corrected chi connectivity index (χ0v) is 11.1. The van der Waals surface area contributed by atoms with E-state index in [0.717, 1.165) is 25.7 Å². The Labute approximate surface area is 108 Å². The van der Waals surface area contributed by atoms with E-state index < -0.39 is 5.54 Å². The van der Waals surface area contributed by atoms with E-state index in [4.69, 9.17) is 4.74 Å². The van der Waals surface area contributed by atoms with E-state index in [1.807, 2.05) is 26.5 Å². The van der Waals surface area contributed by atoms with Gasteiger partial charge in [0.25, 0.3) is 0 Å². The first kappa shape index (κ1) is 13.1. The molecule has 1 aromatic rings. The summed E-state index contributed by atoms with van der Waals surface area (Å²) in [6.07, 6.45) is 9.26. The molecule has 5 nitrogen and oxygen atoms in total. The van der Waals surface area contributed by atoms with E-state index in [2.05, 4.69) is 14.9 Å². The Morgan fingerprint density at radius 1 is 1.67 bits per heavy atom. The van der Waals surface area contributed by atoms with Crippen LogP contribution in [-0.2, 0) is 9.53 Å². The van der Waals surface area contributed by atoms with Crippen molar-refractivity contribution >= 4 is 5.97 Å². The molecule has 0 spiro atoms. The van der Waals surface area contributed by atoms with Crippen molar-refractivity contribution in [1.29, 1.82) is 0 Å². The molecule has 2 rings (SSSR count). The van der Waals surface area contributed by atoms with Crippen LogP contribution < -0.4 is 5.32 Å². The third-order valence-electron chi connectivity index (χ3n) is 3.82. The first-order chi connectivity index (χ1) is 8.72. The number of hydrogen-bond donors (Lipinski definition) is 1. The lowest BCUT2D eigenvalue weighted by atomic mass is 9.79. The highest BCUT2D eigenvalue weighted by Crippen LogP contribution is 2.36. The molecule has 0 bridgehead atoms. The van der Waals surface area contributed by atoms with E-state index in [1.54, 1.807) is 6.20 Å². The third kappa shape index (κ3) is 2.41. The first-order valence-corrected chi connectivity index (χ1v) is 6.55. The standard InChI is InChI=1S/C13H21N3O2/c1-3-18-12(17)13(14-2)6-4-5-11(9-13)16-8-7-15-10-16/h7-8,10-11,14H,3-6,9H2,1-2H3. The molecule has 2 atom stereocenters. The summed E-state index contributed by atoms with van der Waals surface area (Å²) in [4.78, 5) is 16.2. The molecule has 1 aromatic heterocycles. The van der Waals surface area contributed by atoms with Crippen LogP contribution in [-0.4, -0.2) is 34.7 Å². The third-order valence-corrected chi connectivity index (χ3v) is 3.82. The lowest BCUT2D eigenvalue weighted by molar-refractivity contribution is -0.153. The molecule has 18 heavy (non-hydrogen) atoms. The number of aromatic nitrogens is 2. The van der Waals surface area contributed by atoms with Crippen molar-refractivity contribution in [2.75, 3.05) is 13.7 Å². The molecule has 0 aliphatic heterocycles. The highest BCUT2D eigenvalue weighted by molar-refractivity contribution is 5.81. The van der Waals surface area contributed by atoms with Gasteiger partial charge in [-0.05, 0) is 39.7 Å². The maximum atomic E-state index is 12.2. The van der Waals surface area contributed by atoms with Gasteiger partial charge in [-0.1, -0.05) is 0 Å². The number of carbonyl (C=O) groups excluding carboxylic acids is 1. The molecule has 1 aliphatic rings. The van der Waals surface area contributed by atoms with Crippen LogP contribution >= 0.6 is 0 Å². The van der Waals surface area contributed by atoms with Gasteiger partial charge in [-0.15, -0.1) is 0 Å². The molecule has 1 aliphatic carbocycles. The highest BCUT2D eigenvalue weighted by Gasteiger charge is 2.43. The molecule has 0 amide bonds. The van der Waals surface area contributed by atoms with Crippen LogP contribution in [0.3, 0.4) is 0 Å². The Balaban J connectivity index is 2.14. The molecule has 0 radical (unpaired) electrons. The summed E-state index contributed by atoms with van der Waals surface area (Å²) in [5.41, 5.74) is -0.538. The second-order valence-electron chi connectivity index (χ2n) is 4.81. The number of nitrogens with one attached hydrogen (secondary N) is 1. The van der Waals surface area contributed by atoms with Crippen molar-refractivity contribution < 1.29 is 9.53 Å². The van der Waals surface area contributed by atoms with Crippen LogP contribution in [0.5, 0.6) is 0 Å². The van der Waals surface area contributed by atoms with E-state index in [1.165, 1.54) is 0 Å². The maximum absolute atomic E-state index is 12.2. The van der Waals surface area contributed by atoms with Crippen LogP contribution in [0.2, 0.25) is 0 Å². The molecule has 1 fully saturated rings. The fourth-order valence-corrected chi connectivity index (χ4v) is 2.77. The Morgan fingerprint density at radius 2 is 2.50 bits per heavy atom. The Kier molecular flexibility index (Phi) is 4.01. The topological polar surface area (TPSA) is 56.1 Å². The summed E-state index contributed by atoms with van der Waals surface area (Å²) in [6.45, 7) is 2.27. The van der Waals surface area contributed by atoms with Gasteiger partial charge in [0, 0.05) is 18.4 Å². The van der Waals surface area contributed by atoms with Crippen molar-refractivity contribution in [3.8, 4) is 0 Å². The van der Waals surface area contributed by atoms with Crippen molar-refractivity contribution in [3.05, 3.63) is 18.7 Å². The van der Waals surface area contributed by atoms with Gasteiger partial charge < -0.3 is 14.6 Å². The average molecular weight is 251 g/mol. The van der Waals surface area contributed by atoms with Gasteiger partial charge >= 0.3 is 5.97 Å². The van der Waals surface area contributed by atoms with Gasteiger partial charge in [0.05, 0.1) is 12.9 Å². The lowest BCUT2D eigenvalue weighted by Gasteiger charge is -2.39. The predicted molar refractivity (Wildman–Crippen MR) is 68.2 cm³/mol. The molecular weight excluding hydrogens is 230 g/mol. The smallest absolute Gasteiger partial charge is 0.326 e. The van der Waals surface area contributed by atoms with Crippen molar-refractivity contribution in [2.45, 2.75) is 44.2 Å². The van der Waals surface area contributed by atoms with E-state index in [0.29, 0.717) is 12.6 Å². The van der Waals surface area contributed by atoms with Crippen LogP contribution in [0.15, 0.2) is 18.7 Å². The fourth-order valence-electron chi connectivity index (χ4n) is 2.77. The van der Waals surface area contributed by atoms with Gasteiger partial charge in [-0.3, -0.25) is 4.79 Å². The molecule has 1 saturated carbocycles. The molecule has 0 aromatic carbocycles. The summed E-state index contributed by atoms with van der Waals surface area (Å²) in [5.74, 6) is -0.127. The van der Waals surface area contributed by atoms with Crippen LogP contribution in [0.1, 0.15) is 38.6 Å². The number of likely N-dealkylation sites (N-methyl/N-ethyl adjacent to an activating group) is 1. The van der Waals surface area contributed by atoms with Crippen LogP contribution in [0.4, 0.5) is 0 Å². The number of imidazole rings is 1. The average Bonchev–Trinajstić information content (AvgIpc) is 2.93. The summed E-state index contributed by atoms with van der Waals surface area (Å²) < 4.78 is 7.30. The first-order valence-electron chi connectivity index (χ1n) is 6.55. The number of esters is 1. The molecule has 2 unspecified atom stereocenters. The predicted octanol–water partition coefficient (Wildman–Crippen LogP) is 1.52. The second kappa shape index (κ2) is 5.52. The van der Waals surface area contributed by atoms with Crippen molar-refractivity contribution in [3.63, 3.8) is 0 Å². The molecule has 5 heteroatoms. The number of carbonyl (C=O) groups is 1. The zero-order chi connectivity index (χ0) is 13.0. The van der Waals surface area contributed by atoms with Gasteiger partial charge in [0.2, 0.25) is 0 Å². The molecule has 0 saturated heterocycles. The van der Waals surface area contributed by atoms with E-state index in [9.17, 15) is 4.79 Å². The minimum absolute atomic E-state index is 0.127. The van der Waals surface area contributed by atoms with E-state index >= 15 is 0 Å². The summed E-state index contributed by atoms with van der Waals surface area (Å²) >= 11 is 0. The largest absolute Gasteiger partial charge is 0.465 e. The maximum Gasteiger partial charge on any atom is 0.326 e. The molecule has 100 valence electrons. The Morgan fingerprint density at radius 3 is 3.11 bits per heavy atom. The van der Waals surface area contributed by atoms with Gasteiger partial charge in [-0.25, -0.2) is 4.98 Å². The number of ether oxygens (including phenoxy) is 1. The van der Waals surface area contributed by atoms with E-state index in [-0.39, 0.29) is 5.97 Å². The number of rotatable bonds is 4. The lowest BCUT2D eigenvalue weighted by Crippen LogP contribution is -2.54. The van der Waals surface area contributed by atoms with Gasteiger partial charge in [0.15, 0.2) is 0 Å². The van der Waals surface area contributed by atoms with Crippen molar-refractivity contribution in [1.82, 2.24) is 14.9 Å². The SMILES string of the molecule is CCOC(=O)C1(NC)CCCC(n2ccnc2)C1. The Bertz CT molecular complexity index is 391. The summed E-state index contributed by atoms with van der Waals surface area (Å²) in [5, 5.41) is 3.19. The highest BCUT2D eigenvalue weighted by atomic mass is 16.5. The summed E-state index contributed by atoms with van der Waals surface area (Å²) in [7, 11) is 1.84.